The Hall–Kier alpha value is -3.00. The Labute approximate surface area is 173 Å². The SMILES string of the molecule is COc1ccc(C)cc1/C=C/C(=O)Nc1cc(C(F)(F)F)ccc1N1CCOCC1. The van der Waals surface area contributed by atoms with Gasteiger partial charge in [0, 0.05) is 24.7 Å². The van der Waals surface area contributed by atoms with Gasteiger partial charge in [0.05, 0.1) is 37.3 Å². The smallest absolute Gasteiger partial charge is 0.416 e. The number of benzene rings is 2. The van der Waals surface area contributed by atoms with Crippen molar-refractivity contribution in [2.75, 3.05) is 43.6 Å². The van der Waals surface area contributed by atoms with E-state index in [1.54, 1.807) is 12.1 Å². The summed E-state index contributed by atoms with van der Waals surface area (Å²) in [5.74, 6) is 0.0603. The summed E-state index contributed by atoms with van der Waals surface area (Å²) in [6.45, 7) is 3.92. The third kappa shape index (κ3) is 5.33. The zero-order valence-electron chi connectivity index (χ0n) is 16.8. The van der Waals surface area contributed by atoms with Gasteiger partial charge in [0.2, 0.25) is 5.91 Å². The van der Waals surface area contributed by atoms with E-state index < -0.39 is 17.6 Å². The van der Waals surface area contributed by atoms with Crippen LogP contribution in [0.1, 0.15) is 16.7 Å². The molecule has 1 saturated heterocycles. The van der Waals surface area contributed by atoms with Crippen LogP contribution < -0.4 is 15.0 Å². The number of nitrogens with zero attached hydrogens (tertiary/aromatic N) is 1. The first-order valence-corrected chi connectivity index (χ1v) is 9.45. The molecule has 0 aromatic heterocycles. The molecule has 0 radical (unpaired) electrons. The molecule has 3 rings (SSSR count). The van der Waals surface area contributed by atoms with E-state index in [-0.39, 0.29) is 5.69 Å². The summed E-state index contributed by atoms with van der Waals surface area (Å²) in [7, 11) is 1.53. The molecule has 0 bridgehead atoms. The van der Waals surface area contributed by atoms with Crippen LogP contribution in [-0.4, -0.2) is 39.3 Å². The molecule has 0 spiro atoms. The minimum atomic E-state index is -4.51. The second-order valence-electron chi connectivity index (χ2n) is 6.90. The number of hydrogen-bond donors (Lipinski definition) is 1. The molecule has 0 aliphatic carbocycles. The quantitative estimate of drug-likeness (QED) is 0.724. The van der Waals surface area contributed by atoms with Crippen LogP contribution in [0.15, 0.2) is 42.5 Å². The van der Waals surface area contributed by atoms with Crippen LogP contribution in [0.25, 0.3) is 6.08 Å². The van der Waals surface area contributed by atoms with Gasteiger partial charge in [0.15, 0.2) is 0 Å². The van der Waals surface area contributed by atoms with E-state index in [1.807, 2.05) is 24.0 Å². The van der Waals surface area contributed by atoms with Gasteiger partial charge in [0.25, 0.3) is 0 Å². The number of carbonyl (C=O) groups is 1. The van der Waals surface area contributed by atoms with Gasteiger partial charge in [-0.3, -0.25) is 4.79 Å². The van der Waals surface area contributed by atoms with Crippen LogP contribution in [0, 0.1) is 6.92 Å². The average Bonchev–Trinajstić information content (AvgIpc) is 2.72. The fraction of sp³-hybridized carbons (Fsp3) is 0.318. The molecule has 1 aliphatic heterocycles. The maximum Gasteiger partial charge on any atom is 0.416 e. The Morgan fingerprint density at radius 2 is 1.90 bits per heavy atom. The fourth-order valence-electron chi connectivity index (χ4n) is 3.22. The number of alkyl halides is 3. The van der Waals surface area contributed by atoms with Crippen molar-refractivity contribution >= 4 is 23.4 Å². The Morgan fingerprint density at radius 3 is 2.57 bits per heavy atom. The number of morpholine rings is 1. The number of amides is 1. The first-order chi connectivity index (χ1) is 14.3. The molecule has 0 unspecified atom stereocenters. The molecule has 2 aromatic rings. The molecule has 0 atom stereocenters. The fourth-order valence-corrected chi connectivity index (χ4v) is 3.22. The minimum Gasteiger partial charge on any atom is -0.496 e. The Kier molecular flexibility index (Phi) is 6.66. The Morgan fingerprint density at radius 1 is 1.17 bits per heavy atom. The average molecular weight is 420 g/mol. The highest BCUT2D eigenvalue weighted by Gasteiger charge is 2.31. The standard InChI is InChI=1S/C22H23F3N2O3/c1-15-3-7-20(29-2)16(13-15)4-8-21(28)26-18-14-17(22(23,24)25)5-6-19(18)27-9-11-30-12-10-27/h3-8,13-14H,9-12H2,1-2H3,(H,26,28)/b8-4+. The van der Waals surface area contributed by atoms with E-state index in [1.165, 1.54) is 19.3 Å². The molecule has 160 valence electrons. The van der Waals surface area contributed by atoms with Gasteiger partial charge in [-0.15, -0.1) is 0 Å². The monoisotopic (exact) mass is 420 g/mol. The summed E-state index contributed by atoms with van der Waals surface area (Å²) in [5.41, 5.74) is 1.51. The molecular weight excluding hydrogens is 397 g/mol. The van der Waals surface area contributed by atoms with Crippen molar-refractivity contribution in [3.63, 3.8) is 0 Å². The molecule has 1 heterocycles. The molecule has 5 nitrogen and oxygen atoms in total. The van der Waals surface area contributed by atoms with Crippen molar-refractivity contribution in [2.45, 2.75) is 13.1 Å². The largest absolute Gasteiger partial charge is 0.496 e. The number of nitrogens with one attached hydrogen (secondary N) is 1. The van der Waals surface area contributed by atoms with Gasteiger partial charge in [-0.05, 0) is 43.3 Å². The van der Waals surface area contributed by atoms with Crippen LogP contribution in [0.2, 0.25) is 0 Å². The first-order valence-electron chi connectivity index (χ1n) is 9.45. The zero-order valence-corrected chi connectivity index (χ0v) is 16.8. The molecule has 2 aromatic carbocycles. The van der Waals surface area contributed by atoms with Gasteiger partial charge >= 0.3 is 6.18 Å². The third-order valence-corrected chi connectivity index (χ3v) is 4.73. The summed E-state index contributed by atoms with van der Waals surface area (Å²) in [6, 6.07) is 8.89. The number of carbonyl (C=O) groups excluding carboxylic acids is 1. The lowest BCUT2D eigenvalue weighted by atomic mass is 10.1. The number of rotatable bonds is 5. The van der Waals surface area contributed by atoms with Gasteiger partial charge in [-0.25, -0.2) is 0 Å². The van der Waals surface area contributed by atoms with Crippen LogP contribution in [-0.2, 0) is 15.7 Å². The van der Waals surface area contributed by atoms with Gasteiger partial charge in [-0.1, -0.05) is 11.6 Å². The number of hydrogen-bond acceptors (Lipinski definition) is 4. The normalized spacial score (nSPS) is 14.8. The van der Waals surface area contributed by atoms with Crippen molar-refractivity contribution in [1.82, 2.24) is 0 Å². The maximum absolute atomic E-state index is 13.2. The highest BCUT2D eigenvalue weighted by Crippen LogP contribution is 2.35. The van der Waals surface area contributed by atoms with Crippen molar-refractivity contribution in [3.8, 4) is 5.75 Å². The lowest BCUT2D eigenvalue weighted by Gasteiger charge is -2.30. The summed E-state index contributed by atoms with van der Waals surface area (Å²) in [6.07, 6.45) is -1.66. The van der Waals surface area contributed by atoms with E-state index >= 15 is 0 Å². The molecule has 30 heavy (non-hydrogen) atoms. The lowest BCUT2D eigenvalue weighted by molar-refractivity contribution is -0.137. The van der Waals surface area contributed by atoms with Crippen molar-refractivity contribution in [3.05, 3.63) is 59.2 Å². The molecule has 0 saturated carbocycles. The molecule has 1 amide bonds. The summed E-state index contributed by atoms with van der Waals surface area (Å²) in [4.78, 5) is 14.4. The van der Waals surface area contributed by atoms with Crippen molar-refractivity contribution in [2.24, 2.45) is 0 Å². The molecule has 1 aliphatic rings. The first kappa shape index (κ1) is 21.7. The highest BCUT2D eigenvalue weighted by molar-refractivity contribution is 6.04. The maximum atomic E-state index is 13.2. The zero-order chi connectivity index (χ0) is 21.7. The van der Waals surface area contributed by atoms with Gasteiger partial charge in [-0.2, -0.15) is 13.2 Å². The second-order valence-corrected chi connectivity index (χ2v) is 6.90. The summed E-state index contributed by atoms with van der Waals surface area (Å²) < 4.78 is 50.2. The van der Waals surface area contributed by atoms with E-state index in [4.69, 9.17) is 9.47 Å². The van der Waals surface area contributed by atoms with E-state index in [2.05, 4.69) is 5.32 Å². The number of anilines is 2. The van der Waals surface area contributed by atoms with Crippen LogP contribution in [0.3, 0.4) is 0 Å². The second kappa shape index (κ2) is 9.21. The molecule has 1 fully saturated rings. The van der Waals surface area contributed by atoms with E-state index in [9.17, 15) is 18.0 Å². The third-order valence-electron chi connectivity index (χ3n) is 4.73. The van der Waals surface area contributed by atoms with Crippen LogP contribution in [0.4, 0.5) is 24.5 Å². The summed E-state index contributed by atoms with van der Waals surface area (Å²) >= 11 is 0. The van der Waals surface area contributed by atoms with Gasteiger partial charge < -0.3 is 19.7 Å². The van der Waals surface area contributed by atoms with Crippen LogP contribution >= 0.6 is 0 Å². The number of aryl methyl sites for hydroxylation is 1. The minimum absolute atomic E-state index is 0.109. The molecular formula is C22H23F3N2O3. The van der Waals surface area contributed by atoms with Crippen molar-refractivity contribution in [1.29, 1.82) is 0 Å². The van der Waals surface area contributed by atoms with E-state index in [0.717, 1.165) is 17.7 Å². The van der Waals surface area contributed by atoms with Crippen molar-refractivity contribution < 1.29 is 27.4 Å². The molecule has 1 N–H and O–H groups in total. The topological polar surface area (TPSA) is 50.8 Å². The predicted octanol–water partition coefficient (Wildman–Crippen LogP) is 4.51. The predicted molar refractivity (Wildman–Crippen MR) is 110 cm³/mol. The number of halogens is 3. The molecule has 8 heteroatoms. The Balaban J connectivity index is 1.86. The van der Waals surface area contributed by atoms with E-state index in [0.29, 0.717) is 43.3 Å². The lowest BCUT2D eigenvalue weighted by Crippen LogP contribution is -2.36. The number of ether oxygens (including phenoxy) is 2. The van der Waals surface area contributed by atoms with Crippen LogP contribution in [0.5, 0.6) is 5.75 Å². The highest BCUT2D eigenvalue weighted by atomic mass is 19.4. The number of methoxy groups -OCH3 is 1. The summed E-state index contributed by atoms with van der Waals surface area (Å²) in [5, 5.41) is 2.59. The Bertz CT molecular complexity index is 936. The van der Waals surface area contributed by atoms with Gasteiger partial charge in [0.1, 0.15) is 5.75 Å².